The molecule has 0 spiro atoms. The van der Waals surface area contributed by atoms with Crippen LogP contribution in [0.25, 0.3) is 0 Å². The Morgan fingerprint density at radius 2 is 1.94 bits per heavy atom. The average molecular weight is 232 g/mol. The number of hydrogen-bond acceptors (Lipinski definition) is 2. The number of benzene rings is 1. The Balaban J connectivity index is 2.08. The molecular formula is C15H24N2. The third-order valence-corrected chi connectivity index (χ3v) is 4.16. The van der Waals surface area contributed by atoms with E-state index in [1.165, 1.54) is 29.7 Å². The van der Waals surface area contributed by atoms with Gasteiger partial charge in [-0.3, -0.25) is 4.90 Å². The van der Waals surface area contributed by atoms with E-state index in [9.17, 15) is 0 Å². The molecule has 1 atom stereocenters. The van der Waals surface area contributed by atoms with Crippen molar-refractivity contribution >= 4 is 0 Å². The highest BCUT2D eigenvalue weighted by Crippen LogP contribution is 2.30. The number of aryl methyl sites for hydroxylation is 2. The molecule has 0 aliphatic carbocycles. The van der Waals surface area contributed by atoms with E-state index in [2.05, 4.69) is 43.9 Å². The Morgan fingerprint density at radius 1 is 1.29 bits per heavy atom. The molecule has 1 unspecified atom stereocenters. The quantitative estimate of drug-likeness (QED) is 0.867. The van der Waals surface area contributed by atoms with Crippen LogP contribution in [0.4, 0.5) is 0 Å². The van der Waals surface area contributed by atoms with Crippen LogP contribution in [0.2, 0.25) is 0 Å². The van der Waals surface area contributed by atoms with Crippen molar-refractivity contribution in [1.82, 2.24) is 4.90 Å². The van der Waals surface area contributed by atoms with E-state index in [1.54, 1.807) is 0 Å². The molecule has 1 fully saturated rings. The normalized spacial score (nSPS) is 25.4. The summed E-state index contributed by atoms with van der Waals surface area (Å²) in [5, 5.41) is 0. The van der Waals surface area contributed by atoms with Gasteiger partial charge in [0, 0.05) is 13.1 Å². The Hall–Kier alpha value is -0.860. The molecule has 94 valence electrons. The topological polar surface area (TPSA) is 29.3 Å². The van der Waals surface area contributed by atoms with Crippen molar-refractivity contribution in [2.75, 3.05) is 19.6 Å². The molecule has 2 rings (SSSR count). The lowest BCUT2D eigenvalue weighted by atomic mass is 9.90. The number of likely N-dealkylation sites (tertiary alicyclic amines) is 1. The molecular weight excluding hydrogens is 208 g/mol. The van der Waals surface area contributed by atoms with Gasteiger partial charge in [0.1, 0.15) is 0 Å². The molecule has 0 bridgehead atoms. The van der Waals surface area contributed by atoms with Gasteiger partial charge in [0.2, 0.25) is 0 Å². The predicted octanol–water partition coefficient (Wildman–Crippen LogP) is 2.47. The molecule has 2 N–H and O–H groups in total. The first-order valence-electron chi connectivity index (χ1n) is 6.52. The minimum Gasteiger partial charge on any atom is -0.330 e. The van der Waals surface area contributed by atoms with Gasteiger partial charge in [-0.05, 0) is 55.5 Å². The Morgan fingerprint density at radius 3 is 2.47 bits per heavy atom. The van der Waals surface area contributed by atoms with Gasteiger partial charge in [0.25, 0.3) is 0 Å². The molecule has 17 heavy (non-hydrogen) atoms. The second-order valence-electron chi connectivity index (χ2n) is 5.85. The van der Waals surface area contributed by atoms with Gasteiger partial charge in [-0.15, -0.1) is 0 Å². The van der Waals surface area contributed by atoms with E-state index in [1.807, 2.05) is 0 Å². The summed E-state index contributed by atoms with van der Waals surface area (Å²) in [5.74, 6) is 0. The summed E-state index contributed by atoms with van der Waals surface area (Å²) >= 11 is 0. The van der Waals surface area contributed by atoms with E-state index in [-0.39, 0.29) is 0 Å². The minimum atomic E-state index is 0.330. The van der Waals surface area contributed by atoms with Gasteiger partial charge < -0.3 is 5.73 Å². The zero-order valence-electron chi connectivity index (χ0n) is 11.3. The smallest absolute Gasteiger partial charge is 0.0239 e. The molecule has 0 radical (unpaired) electrons. The molecule has 1 saturated heterocycles. The number of hydrogen-bond donors (Lipinski definition) is 1. The van der Waals surface area contributed by atoms with Crippen LogP contribution in [0, 0.1) is 19.3 Å². The lowest BCUT2D eigenvalue weighted by Crippen LogP contribution is -2.31. The molecule has 2 nitrogen and oxygen atoms in total. The van der Waals surface area contributed by atoms with E-state index in [0.29, 0.717) is 5.41 Å². The summed E-state index contributed by atoms with van der Waals surface area (Å²) in [6.07, 6.45) is 1.23. The molecule has 1 aromatic rings. The lowest BCUT2D eigenvalue weighted by molar-refractivity contribution is 0.273. The summed E-state index contributed by atoms with van der Waals surface area (Å²) in [6.45, 7) is 10.9. The highest BCUT2D eigenvalue weighted by Gasteiger charge is 2.32. The van der Waals surface area contributed by atoms with Crippen molar-refractivity contribution in [2.45, 2.75) is 33.7 Å². The van der Waals surface area contributed by atoms with Crippen molar-refractivity contribution in [2.24, 2.45) is 11.1 Å². The van der Waals surface area contributed by atoms with Gasteiger partial charge in [0.15, 0.2) is 0 Å². The monoisotopic (exact) mass is 232 g/mol. The molecule has 2 heteroatoms. The highest BCUT2D eigenvalue weighted by molar-refractivity contribution is 5.33. The highest BCUT2D eigenvalue weighted by atomic mass is 15.2. The maximum atomic E-state index is 5.86. The third kappa shape index (κ3) is 2.70. The van der Waals surface area contributed by atoms with Gasteiger partial charge in [-0.25, -0.2) is 0 Å². The second kappa shape index (κ2) is 4.79. The van der Waals surface area contributed by atoms with Gasteiger partial charge in [-0.1, -0.05) is 25.1 Å². The Bertz CT molecular complexity index is 380. The molecule has 1 aromatic carbocycles. The van der Waals surface area contributed by atoms with E-state index in [0.717, 1.165) is 19.6 Å². The summed E-state index contributed by atoms with van der Waals surface area (Å²) in [5.41, 5.74) is 10.5. The predicted molar refractivity (Wildman–Crippen MR) is 73.0 cm³/mol. The Labute approximate surface area is 105 Å². The molecule has 1 heterocycles. The molecule has 0 saturated carbocycles. The maximum absolute atomic E-state index is 5.86. The fraction of sp³-hybridized carbons (Fsp3) is 0.600. The SMILES string of the molecule is Cc1cccc(C)c1CN1CCC(C)(CN)C1. The first-order chi connectivity index (χ1) is 8.04. The summed E-state index contributed by atoms with van der Waals surface area (Å²) in [4.78, 5) is 2.54. The van der Waals surface area contributed by atoms with E-state index in [4.69, 9.17) is 5.73 Å². The average Bonchev–Trinajstić information content (AvgIpc) is 2.67. The number of nitrogens with zero attached hydrogens (tertiary/aromatic N) is 1. The first-order valence-corrected chi connectivity index (χ1v) is 6.52. The zero-order chi connectivity index (χ0) is 12.5. The van der Waals surface area contributed by atoms with Gasteiger partial charge >= 0.3 is 0 Å². The van der Waals surface area contributed by atoms with Crippen LogP contribution in [-0.2, 0) is 6.54 Å². The van der Waals surface area contributed by atoms with Crippen LogP contribution in [-0.4, -0.2) is 24.5 Å². The summed E-state index contributed by atoms with van der Waals surface area (Å²) < 4.78 is 0. The molecule has 0 aromatic heterocycles. The minimum absolute atomic E-state index is 0.330. The largest absolute Gasteiger partial charge is 0.330 e. The summed E-state index contributed by atoms with van der Waals surface area (Å²) in [7, 11) is 0. The van der Waals surface area contributed by atoms with Crippen LogP contribution in [0.1, 0.15) is 30.0 Å². The lowest BCUT2D eigenvalue weighted by Gasteiger charge is -2.23. The fourth-order valence-corrected chi connectivity index (χ4v) is 2.75. The van der Waals surface area contributed by atoms with Crippen LogP contribution in [0.5, 0.6) is 0 Å². The number of rotatable bonds is 3. The van der Waals surface area contributed by atoms with E-state index < -0.39 is 0 Å². The standard InChI is InChI=1S/C15H24N2/c1-12-5-4-6-13(2)14(12)9-17-8-7-15(3,10-16)11-17/h4-6H,7-11,16H2,1-3H3. The van der Waals surface area contributed by atoms with Gasteiger partial charge in [-0.2, -0.15) is 0 Å². The van der Waals surface area contributed by atoms with Crippen molar-refractivity contribution in [3.05, 3.63) is 34.9 Å². The van der Waals surface area contributed by atoms with Crippen LogP contribution in [0.15, 0.2) is 18.2 Å². The van der Waals surface area contributed by atoms with Crippen molar-refractivity contribution < 1.29 is 0 Å². The zero-order valence-corrected chi connectivity index (χ0v) is 11.3. The van der Waals surface area contributed by atoms with Crippen LogP contribution < -0.4 is 5.73 Å². The fourth-order valence-electron chi connectivity index (χ4n) is 2.75. The maximum Gasteiger partial charge on any atom is 0.0239 e. The number of nitrogens with two attached hydrogens (primary N) is 1. The summed E-state index contributed by atoms with van der Waals surface area (Å²) in [6, 6.07) is 6.56. The third-order valence-electron chi connectivity index (χ3n) is 4.16. The molecule has 1 aliphatic rings. The Kier molecular flexibility index (Phi) is 3.55. The molecule has 1 aliphatic heterocycles. The van der Waals surface area contributed by atoms with E-state index >= 15 is 0 Å². The van der Waals surface area contributed by atoms with Gasteiger partial charge in [0.05, 0.1) is 0 Å². The van der Waals surface area contributed by atoms with Crippen LogP contribution >= 0.6 is 0 Å². The van der Waals surface area contributed by atoms with Crippen molar-refractivity contribution in [1.29, 1.82) is 0 Å². The molecule has 0 amide bonds. The first kappa shape index (κ1) is 12.6. The van der Waals surface area contributed by atoms with Crippen LogP contribution in [0.3, 0.4) is 0 Å². The van der Waals surface area contributed by atoms with Crippen molar-refractivity contribution in [3.63, 3.8) is 0 Å². The second-order valence-corrected chi connectivity index (χ2v) is 5.85. The van der Waals surface area contributed by atoms with Crippen molar-refractivity contribution in [3.8, 4) is 0 Å².